The summed E-state index contributed by atoms with van der Waals surface area (Å²) in [5.74, 6) is 0.194. The number of amides is 2. The van der Waals surface area contributed by atoms with Crippen molar-refractivity contribution in [1.82, 2.24) is 9.78 Å². The Morgan fingerprint density at radius 3 is 2.59 bits per heavy atom. The molecular weight excluding hydrogens is 364 g/mol. The number of para-hydroxylation sites is 1. The molecule has 6 nitrogen and oxygen atoms in total. The molecule has 7 heteroatoms. The number of hydrogen-bond acceptors (Lipinski definition) is 3. The van der Waals surface area contributed by atoms with Crippen LogP contribution in [0, 0.1) is 0 Å². The van der Waals surface area contributed by atoms with E-state index in [-0.39, 0.29) is 18.2 Å². The minimum Gasteiger partial charge on any atom is -0.314 e. The zero-order valence-corrected chi connectivity index (χ0v) is 15.2. The zero-order chi connectivity index (χ0) is 18.8. The van der Waals surface area contributed by atoms with E-state index in [0.717, 1.165) is 16.9 Å². The lowest BCUT2D eigenvalue weighted by Crippen LogP contribution is -2.45. The van der Waals surface area contributed by atoms with Crippen LogP contribution >= 0.6 is 11.6 Å². The van der Waals surface area contributed by atoms with Gasteiger partial charge in [-0.05, 0) is 35.9 Å². The Kier molecular flexibility index (Phi) is 3.24. The first-order valence-electron chi connectivity index (χ1n) is 8.54. The molecule has 5 rings (SSSR count). The summed E-state index contributed by atoms with van der Waals surface area (Å²) in [6.45, 7) is 0. The third-order valence-electron chi connectivity index (χ3n) is 5.38. The Hall–Kier alpha value is -3.12. The predicted octanol–water partition coefficient (Wildman–Crippen LogP) is 3.13. The highest BCUT2D eigenvalue weighted by molar-refractivity contribution is 6.30. The van der Waals surface area contributed by atoms with Gasteiger partial charge in [-0.25, -0.2) is 4.68 Å². The van der Waals surface area contributed by atoms with E-state index in [1.54, 1.807) is 35.0 Å². The van der Waals surface area contributed by atoms with Crippen LogP contribution in [-0.4, -0.2) is 28.6 Å². The zero-order valence-electron chi connectivity index (χ0n) is 14.4. The van der Waals surface area contributed by atoms with Gasteiger partial charge in [0.1, 0.15) is 11.2 Å². The third-order valence-corrected chi connectivity index (χ3v) is 5.63. The number of carbonyl (C=O) groups is 2. The number of fused-ring (bicyclic) bond motifs is 4. The van der Waals surface area contributed by atoms with Crippen LogP contribution in [-0.2, 0) is 15.0 Å². The number of hydrogen-bond donors (Lipinski definition) is 1. The van der Waals surface area contributed by atoms with E-state index in [2.05, 4.69) is 10.4 Å². The van der Waals surface area contributed by atoms with Crippen molar-refractivity contribution in [2.45, 2.75) is 11.8 Å². The lowest BCUT2D eigenvalue weighted by molar-refractivity contribution is -0.126. The quantitative estimate of drug-likeness (QED) is 0.707. The summed E-state index contributed by atoms with van der Waals surface area (Å²) in [6.07, 6.45) is 1.74. The Morgan fingerprint density at radius 2 is 1.81 bits per heavy atom. The number of anilines is 2. The fourth-order valence-corrected chi connectivity index (χ4v) is 4.27. The molecule has 0 saturated heterocycles. The minimum absolute atomic E-state index is 0.0620. The molecule has 0 bridgehead atoms. The van der Waals surface area contributed by atoms with Crippen molar-refractivity contribution in [2.75, 3.05) is 17.3 Å². The van der Waals surface area contributed by atoms with E-state index in [1.165, 1.54) is 0 Å². The number of carbonyl (C=O) groups excluding carboxylic acids is 2. The van der Waals surface area contributed by atoms with Crippen LogP contribution < -0.4 is 10.2 Å². The van der Waals surface area contributed by atoms with Crippen molar-refractivity contribution in [3.63, 3.8) is 0 Å². The van der Waals surface area contributed by atoms with Gasteiger partial charge >= 0.3 is 0 Å². The maximum absolute atomic E-state index is 13.3. The summed E-state index contributed by atoms with van der Waals surface area (Å²) in [4.78, 5) is 27.6. The molecule has 0 fully saturated rings. The molecule has 1 unspecified atom stereocenters. The molecule has 0 saturated carbocycles. The number of nitrogens with one attached hydrogen (secondary N) is 1. The highest BCUT2D eigenvalue weighted by Gasteiger charge is 2.56. The average Bonchev–Trinajstić information content (AvgIpc) is 3.18. The van der Waals surface area contributed by atoms with Gasteiger partial charge in [-0.15, -0.1) is 0 Å². The van der Waals surface area contributed by atoms with E-state index in [4.69, 9.17) is 11.6 Å². The van der Waals surface area contributed by atoms with Gasteiger partial charge in [0, 0.05) is 29.7 Å². The average molecular weight is 379 g/mol. The predicted molar refractivity (Wildman–Crippen MR) is 102 cm³/mol. The van der Waals surface area contributed by atoms with Gasteiger partial charge in [-0.2, -0.15) is 5.10 Å². The summed E-state index contributed by atoms with van der Waals surface area (Å²) in [5.41, 5.74) is 2.07. The number of likely N-dealkylation sites (N-methyl/N-ethyl adjacent to an activating group) is 1. The summed E-state index contributed by atoms with van der Waals surface area (Å²) in [6, 6.07) is 14.8. The number of aromatic nitrogens is 2. The lowest BCUT2D eigenvalue weighted by atomic mass is 9.72. The second-order valence-electron chi connectivity index (χ2n) is 6.81. The molecule has 2 aromatic carbocycles. The normalized spacial score (nSPS) is 20.6. The van der Waals surface area contributed by atoms with E-state index in [9.17, 15) is 9.59 Å². The van der Waals surface area contributed by atoms with Crippen LogP contribution in [0.25, 0.3) is 5.69 Å². The van der Waals surface area contributed by atoms with Crippen molar-refractivity contribution >= 4 is 34.9 Å². The fourth-order valence-electron chi connectivity index (χ4n) is 4.14. The number of halogens is 1. The lowest BCUT2D eigenvalue weighted by Gasteiger charge is -2.32. The Labute approximate surface area is 160 Å². The maximum Gasteiger partial charge on any atom is 0.242 e. The fraction of sp³-hybridized carbons (Fsp3) is 0.150. The summed E-state index contributed by atoms with van der Waals surface area (Å²) in [5, 5.41) is 7.98. The van der Waals surface area contributed by atoms with E-state index < -0.39 is 5.41 Å². The van der Waals surface area contributed by atoms with Crippen molar-refractivity contribution in [3.8, 4) is 5.69 Å². The van der Waals surface area contributed by atoms with Crippen molar-refractivity contribution < 1.29 is 9.59 Å². The molecule has 1 aromatic heterocycles. The van der Waals surface area contributed by atoms with Crippen molar-refractivity contribution in [3.05, 3.63) is 70.9 Å². The molecule has 2 amide bonds. The van der Waals surface area contributed by atoms with Crippen molar-refractivity contribution in [2.24, 2.45) is 0 Å². The number of nitrogens with zero attached hydrogens (tertiary/aromatic N) is 3. The van der Waals surface area contributed by atoms with E-state index in [1.807, 2.05) is 36.4 Å². The standard InChI is InChI=1S/C20H15ClN4O2/c1-24-16-5-3-2-4-14(16)20(19(24)27)10-17(26)23-18-15(20)11-22-25(18)13-8-6-12(21)7-9-13/h2-9,11H,10H2,1H3,(H,23,26). The van der Waals surface area contributed by atoms with Gasteiger partial charge in [-0.1, -0.05) is 29.8 Å². The molecule has 1 atom stereocenters. The molecule has 3 aromatic rings. The first kappa shape index (κ1) is 16.1. The first-order valence-corrected chi connectivity index (χ1v) is 8.92. The topological polar surface area (TPSA) is 67.2 Å². The van der Waals surface area contributed by atoms with Crippen molar-refractivity contribution in [1.29, 1.82) is 0 Å². The van der Waals surface area contributed by atoms with Crippen LogP contribution in [0.3, 0.4) is 0 Å². The van der Waals surface area contributed by atoms with Crippen LogP contribution in [0.4, 0.5) is 11.5 Å². The molecule has 1 spiro atoms. The van der Waals surface area contributed by atoms with Gasteiger partial charge in [0.15, 0.2) is 0 Å². The highest BCUT2D eigenvalue weighted by atomic mass is 35.5. The maximum atomic E-state index is 13.3. The second-order valence-corrected chi connectivity index (χ2v) is 7.24. The Morgan fingerprint density at radius 1 is 1.07 bits per heavy atom. The molecule has 27 heavy (non-hydrogen) atoms. The van der Waals surface area contributed by atoms with Gasteiger partial charge in [-0.3, -0.25) is 9.59 Å². The molecule has 0 radical (unpaired) electrons. The van der Waals surface area contributed by atoms with E-state index in [0.29, 0.717) is 16.4 Å². The number of benzene rings is 2. The highest BCUT2D eigenvalue weighted by Crippen LogP contribution is 2.51. The summed E-state index contributed by atoms with van der Waals surface area (Å²) < 4.78 is 1.64. The smallest absolute Gasteiger partial charge is 0.242 e. The Balaban J connectivity index is 1.77. The molecule has 2 aliphatic heterocycles. The second kappa shape index (κ2) is 5.44. The van der Waals surface area contributed by atoms with Gasteiger partial charge < -0.3 is 10.2 Å². The number of rotatable bonds is 1. The summed E-state index contributed by atoms with van der Waals surface area (Å²) >= 11 is 5.98. The SMILES string of the molecule is CN1C(=O)C2(CC(=O)Nc3c2cnn3-c2ccc(Cl)cc2)c2ccccc21. The molecular formula is C20H15ClN4O2. The first-order chi connectivity index (χ1) is 13.0. The summed E-state index contributed by atoms with van der Waals surface area (Å²) in [7, 11) is 1.74. The molecule has 134 valence electrons. The van der Waals surface area contributed by atoms with Gasteiger partial charge in [0.25, 0.3) is 0 Å². The minimum atomic E-state index is -1.05. The molecule has 1 N–H and O–H groups in total. The van der Waals surface area contributed by atoms with Crippen LogP contribution in [0.15, 0.2) is 54.7 Å². The largest absolute Gasteiger partial charge is 0.314 e. The monoisotopic (exact) mass is 378 g/mol. The van der Waals surface area contributed by atoms with Gasteiger partial charge in [0.2, 0.25) is 11.8 Å². The molecule has 3 heterocycles. The van der Waals surface area contributed by atoms with Crippen LogP contribution in [0.1, 0.15) is 17.5 Å². The molecule has 2 aliphatic rings. The Bertz CT molecular complexity index is 1110. The van der Waals surface area contributed by atoms with Crippen LogP contribution in [0.2, 0.25) is 5.02 Å². The van der Waals surface area contributed by atoms with Gasteiger partial charge in [0.05, 0.1) is 11.9 Å². The van der Waals surface area contributed by atoms with E-state index >= 15 is 0 Å². The van der Waals surface area contributed by atoms with Crippen LogP contribution in [0.5, 0.6) is 0 Å². The third kappa shape index (κ3) is 2.04. The molecule has 0 aliphatic carbocycles.